The molecule has 0 aliphatic carbocycles. The molecule has 1 heterocycles. The molecule has 0 amide bonds. The van der Waals surface area contributed by atoms with Gasteiger partial charge in [0.2, 0.25) is 0 Å². The Morgan fingerprint density at radius 1 is 1.33 bits per heavy atom. The predicted molar refractivity (Wildman–Crippen MR) is 72.9 cm³/mol. The van der Waals surface area contributed by atoms with Crippen molar-refractivity contribution in [1.82, 2.24) is 4.98 Å². The Bertz CT molecular complexity index is 391. The van der Waals surface area contributed by atoms with E-state index in [1.165, 1.54) is 26.4 Å². The summed E-state index contributed by atoms with van der Waals surface area (Å²) >= 11 is 0. The maximum Gasteiger partial charge on any atom is 0.339 e. The van der Waals surface area contributed by atoms with Crippen LogP contribution in [0.3, 0.4) is 0 Å². The van der Waals surface area contributed by atoms with Crippen molar-refractivity contribution in [2.45, 2.75) is 39.5 Å². The number of anilines is 1. The summed E-state index contributed by atoms with van der Waals surface area (Å²) in [6, 6.07) is 3.57. The van der Waals surface area contributed by atoms with Gasteiger partial charge in [0.15, 0.2) is 0 Å². The highest BCUT2D eigenvalue weighted by atomic mass is 16.5. The monoisotopic (exact) mass is 250 g/mol. The zero-order valence-corrected chi connectivity index (χ0v) is 11.5. The Morgan fingerprint density at radius 3 is 2.72 bits per heavy atom. The number of hydrogen-bond acceptors (Lipinski definition) is 4. The van der Waals surface area contributed by atoms with Crippen molar-refractivity contribution in [3.63, 3.8) is 0 Å². The zero-order valence-electron chi connectivity index (χ0n) is 11.5. The van der Waals surface area contributed by atoms with Crippen LogP contribution in [0.4, 0.5) is 5.82 Å². The Morgan fingerprint density at radius 2 is 2.11 bits per heavy atom. The second kappa shape index (κ2) is 7.69. The van der Waals surface area contributed by atoms with Crippen molar-refractivity contribution in [2.75, 3.05) is 19.0 Å². The summed E-state index contributed by atoms with van der Waals surface area (Å²) in [5.74, 6) is 0.478. The number of ether oxygens (including phenoxy) is 1. The number of aryl methyl sites for hydroxylation is 1. The van der Waals surface area contributed by atoms with Crippen LogP contribution in [-0.2, 0) is 4.74 Å². The van der Waals surface area contributed by atoms with Gasteiger partial charge in [0.05, 0.1) is 18.4 Å². The fourth-order valence-electron chi connectivity index (χ4n) is 1.75. The highest BCUT2D eigenvalue weighted by Crippen LogP contribution is 2.12. The van der Waals surface area contributed by atoms with Crippen LogP contribution in [0.15, 0.2) is 12.1 Å². The Kier molecular flexibility index (Phi) is 6.19. The molecule has 0 bridgehead atoms. The maximum absolute atomic E-state index is 11.4. The molecule has 0 radical (unpaired) electrons. The third kappa shape index (κ3) is 4.35. The lowest BCUT2D eigenvalue weighted by molar-refractivity contribution is 0.0599. The van der Waals surface area contributed by atoms with Gasteiger partial charge in [-0.1, -0.05) is 26.2 Å². The molecule has 0 aliphatic rings. The van der Waals surface area contributed by atoms with Gasteiger partial charge in [-0.05, 0) is 25.5 Å². The number of rotatable bonds is 7. The lowest BCUT2D eigenvalue weighted by Crippen LogP contribution is -2.08. The van der Waals surface area contributed by atoms with Crippen molar-refractivity contribution in [3.8, 4) is 0 Å². The van der Waals surface area contributed by atoms with Crippen LogP contribution in [-0.4, -0.2) is 24.6 Å². The Balaban J connectivity index is 2.49. The van der Waals surface area contributed by atoms with Crippen LogP contribution in [0, 0.1) is 6.92 Å². The van der Waals surface area contributed by atoms with E-state index in [0.29, 0.717) is 11.3 Å². The summed E-state index contributed by atoms with van der Waals surface area (Å²) in [4.78, 5) is 15.7. The molecule has 0 atom stereocenters. The van der Waals surface area contributed by atoms with E-state index in [0.717, 1.165) is 18.8 Å². The van der Waals surface area contributed by atoms with Gasteiger partial charge in [-0.3, -0.25) is 0 Å². The molecule has 0 unspecified atom stereocenters. The number of unbranched alkanes of at least 4 members (excludes halogenated alkanes) is 3. The highest BCUT2D eigenvalue weighted by molar-refractivity contribution is 5.90. The van der Waals surface area contributed by atoms with Crippen LogP contribution in [0.2, 0.25) is 0 Å². The molecule has 0 aliphatic heterocycles. The van der Waals surface area contributed by atoms with Crippen molar-refractivity contribution < 1.29 is 9.53 Å². The molecule has 100 valence electrons. The van der Waals surface area contributed by atoms with Crippen LogP contribution in [0.1, 0.15) is 48.7 Å². The van der Waals surface area contributed by atoms with Gasteiger partial charge in [0, 0.05) is 6.54 Å². The molecular weight excluding hydrogens is 228 g/mol. The largest absolute Gasteiger partial charge is 0.465 e. The topological polar surface area (TPSA) is 51.2 Å². The molecule has 0 saturated heterocycles. The lowest BCUT2D eigenvalue weighted by Gasteiger charge is -2.08. The number of aromatic nitrogens is 1. The van der Waals surface area contributed by atoms with Crippen molar-refractivity contribution in [1.29, 1.82) is 0 Å². The fourth-order valence-corrected chi connectivity index (χ4v) is 1.75. The Hall–Kier alpha value is -1.58. The van der Waals surface area contributed by atoms with E-state index in [2.05, 4.69) is 22.0 Å². The number of carbonyl (C=O) groups excluding carboxylic acids is 1. The number of nitrogens with zero attached hydrogens (tertiary/aromatic N) is 1. The van der Waals surface area contributed by atoms with Crippen molar-refractivity contribution in [3.05, 3.63) is 23.4 Å². The number of esters is 1. The standard InChI is InChI=1S/C14H22N2O2/c1-4-5-6-7-10-15-13-9-8-12(11(2)16-13)14(17)18-3/h8-9H,4-7,10H2,1-3H3,(H,15,16). The average molecular weight is 250 g/mol. The van der Waals surface area contributed by atoms with Crippen molar-refractivity contribution >= 4 is 11.8 Å². The second-order valence-electron chi connectivity index (χ2n) is 4.31. The van der Waals surface area contributed by atoms with Gasteiger partial charge in [-0.2, -0.15) is 0 Å². The summed E-state index contributed by atoms with van der Waals surface area (Å²) < 4.78 is 4.68. The van der Waals surface area contributed by atoms with E-state index >= 15 is 0 Å². The first-order valence-corrected chi connectivity index (χ1v) is 6.49. The quantitative estimate of drug-likeness (QED) is 0.596. The average Bonchev–Trinajstić information content (AvgIpc) is 2.38. The van der Waals surface area contributed by atoms with E-state index in [1.54, 1.807) is 6.07 Å². The summed E-state index contributed by atoms with van der Waals surface area (Å²) in [7, 11) is 1.38. The third-order valence-electron chi connectivity index (χ3n) is 2.83. The second-order valence-corrected chi connectivity index (χ2v) is 4.31. The molecule has 4 heteroatoms. The van der Waals surface area contributed by atoms with Crippen LogP contribution in [0.25, 0.3) is 0 Å². The molecule has 18 heavy (non-hydrogen) atoms. The zero-order chi connectivity index (χ0) is 13.4. The molecule has 1 rings (SSSR count). The predicted octanol–water partition coefficient (Wildman–Crippen LogP) is 3.17. The third-order valence-corrected chi connectivity index (χ3v) is 2.83. The first kappa shape index (κ1) is 14.5. The van der Waals surface area contributed by atoms with Crippen LogP contribution >= 0.6 is 0 Å². The van der Waals surface area contributed by atoms with Gasteiger partial charge < -0.3 is 10.1 Å². The maximum atomic E-state index is 11.4. The summed E-state index contributed by atoms with van der Waals surface area (Å²) in [6.45, 7) is 4.93. The van der Waals surface area contributed by atoms with Crippen LogP contribution < -0.4 is 5.32 Å². The normalized spacial score (nSPS) is 10.2. The van der Waals surface area contributed by atoms with E-state index in [1.807, 2.05) is 13.0 Å². The molecule has 1 N–H and O–H groups in total. The first-order valence-electron chi connectivity index (χ1n) is 6.49. The van der Waals surface area contributed by atoms with Gasteiger partial charge in [-0.25, -0.2) is 9.78 Å². The SMILES string of the molecule is CCCCCCNc1ccc(C(=O)OC)c(C)n1. The summed E-state index contributed by atoms with van der Waals surface area (Å²) in [5.41, 5.74) is 1.22. The van der Waals surface area contributed by atoms with E-state index in [4.69, 9.17) is 0 Å². The minimum absolute atomic E-state index is 0.338. The molecule has 0 saturated carbocycles. The lowest BCUT2D eigenvalue weighted by atomic mass is 10.2. The molecule has 1 aromatic heterocycles. The minimum Gasteiger partial charge on any atom is -0.465 e. The number of carbonyl (C=O) groups is 1. The van der Waals surface area contributed by atoms with Crippen molar-refractivity contribution in [2.24, 2.45) is 0 Å². The summed E-state index contributed by atoms with van der Waals surface area (Å²) in [6.07, 6.45) is 4.90. The number of methoxy groups -OCH3 is 1. The highest BCUT2D eigenvalue weighted by Gasteiger charge is 2.10. The number of nitrogens with one attached hydrogen (secondary N) is 1. The van der Waals surface area contributed by atoms with Gasteiger partial charge >= 0.3 is 5.97 Å². The summed E-state index contributed by atoms with van der Waals surface area (Å²) in [5, 5.41) is 3.27. The number of pyridine rings is 1. The first-order chi connectivity index (χ1) is 8.69. The fraction of sp³-hybridized carbons (Fsp3) is 0.571. The number of hydrogen-bond donors (Lipinski definition) is 1. The minimum atomic E-state index is -0.338. The van der Waals surface area contributed by atoms with Gasteiger partial charge in [-0.15, -0.1) is 0 Å². The molecular formula is C14H22N2O2. The van der Waals surface area contributed by atoms with Gasteiger partial charge in [0.25, 0.3) is 0 Å². The Labute approximate surface area is 109 Å². The molecule has 1 aromatic rings. The smallest absolute Gasteiger partial charge is 0.339 e. The van der Waals surface area contributed by atoms with Gasteiger partial charge in [0.1, 0.15) is 5.82 Å². The van der Waals surface area contributed by atoms with Crippen LogP contribution in [0.5, 0.6) is 0 Å². The molecule has 0 aromatic carbocycles. The van der Waals surface area contributed by atoms with E-state index < -0.39 is 0 Å². The van der Waals surface area contributed by atoms with E-state index in [-0.39, 0.29) is 5.97 Å². The molecule has 0 fully saturated rings. The molecule has 4 nitrogen and oxygen atoms in total. The van der Waals surface area contributed by atoms with E-state index in [9.17, 15) is 4.79 Å². The molecule has 0 spiro atoms.